The summed E-state index contributed by atoms with van der Waals surface area (Å²) in [6.45, 7) is 5.65. The van der Waals surface area contributed by atoms with Crippen molar-refractivity contribution in [2.75, 3.05) is 6.61 Å². The topological polar surface area (TPSA) is 239 Å². The van der Waals surface area contributed by atoms with Crippen LogP contribution in [0.3, 0.4) is 0 Å². The SMILES string of the molecule is CCCCCCCCCCC[C@@H](O)CC(=O)N[C@H]1C(O)O[C@H](CO)[C@@H](OP(=O)(O)O)[C@@H]1OC(=O)C[C@@H](CCCCCCCCCCC)OC(=O)C[C@@H](O)CCCCCCCCCCC. The molecule has 1 saturated heterocycles. The molecule has 15 nitrogen and oxygen atoms in total. The van der Waals surface area contributed by atoms with E-state index in [1.54, 1.807) is 0 Å². The molecule has 1 aliphatic heterocycles. The average molecular weight is 938 g/mol. The van der Waals surface area contributed by atoms with Crippen molar-refractivity contribution in [2.24, 2.45) is 0 Å². The van der Waals surface area contributed by atoms with Crippen LogP contribution in [0.1, 0.15) is 233 Å². The van der Waals surface area contributed by atoms with E-state index in [4.69, 9.17) is 18.7 Å². The number of hydrogen-bond donors (Lipinski definition) is 7. The summed E-state index contributed by atoms with van der Waals surface area (Å²) in [5.41, 5.74) is 0. The third-order valence-corrected chi connectivity index (χ3v) is 12.6. The second-order valence-electron chi connectivity index (χ2n) is 18.2. The van der Waals surface area contributed by atoms with E-state index in [9.17, 15) is 49.2 Å². The predicted octanol–water partition coefficient (Wildman–Crippen LogP) is 9.14. The Bertz CT molecular complexity index is 1220. The van der Waals surface area contributed by atoms with E-state index in [2.05, 4.69) is 26.1 Å². The van der Waals surface area contributed by atoms with E-state index in [1.165, 1.54) is 89.9 Å². The molecule has 378 valence electrons. The minimum Gasteiger partial charge on any atom is -0.462 e. The first-order valence-electron chi connectivity index (χ1n) is 25.5. The van der Waals surface area contributed by atoms with Gasteiger partial charge < -0.3 is 49.7 Å². The summed E-state index contributed by atoms with van der Waals surface area (Å²) < 4.78 is 33.9. The van der Waals surface area contributed by atoms with Crippen LogP contribution in [0.15, 0.2) is 0 Å². The van der Waals surface area contributed by atoms with E-state index in [0.29, 0.717) is 32.1 Å². The molecule has 8 atom stereocenters. The van der Waals surface area contributed by atoms with Gasteiger partial charge in [0.05, 0.1) is 38.1 Å². The van der Waals surface area contributed by atoms with Crippen LogP contribution in [0.4, 0.5) is 0 Å². The quantitative estimate of drug-likeness (QED) is 0.0172. The zero-order valence-corrected chi connectivity index (χ0v) is 41.0. The van der Waals surface area contributed by atoms with Gasteiger partial charge in [0.2, 0.25) is 5.91 Å². The molecule has 0 radical (unpaired) electrons. The molecule has 0 saturated carbocycles. The summed E-state index contributed by atoms with van der Waals surface area (Å²) >= 11 is 0. The standard InChI is InChI=1S/C48H92NO14P/c1-4-7-10-13-16-19-22-25-28-31-38(51)34-42(53)49-45-47(46(63-64(57,58)59)41(37-50)61-48(45)56)62-44(55)36-40(33-30-27-24-21-18-15-12-9-6-3)60-43(54)35-39(52)32-29-26-23-20-17-14-11-8-5-2/h38-41,45-48,50-52,56H,4-37H2,1-3H3,(H,49,53)(H2,57,58,59)/t38-,39+,40-,41-,45-,46-,47-,48?/m1/s1. The fraction of sp³-hybridized carbons (Fsp3) is 0.938. The Morgan fingerprint density at radius 2 is 0.984 bits per heavy atom. The van der Waals surface area contributed by atoms with E-state index >= 15 is 0 Å². The van der Waals surface area contributed by atoms with E-state index in [-0.39, 0.29) is 12.8 Å². The summed E-state index contributed by atoms with van der Waals surface area (Å²) in [6, 6.07) is -1.62. The maximum Gasteiger partial charge on any atom is 0.470 e. The van der Waals surface area contributed by atoms with Crippen molar-refractivity contribution in [3.8, 4) is 0 Å². The number of carbonyl (C=O) groups excluding carboxylic acids is 3. The zero-order chi connectivity index (χ0) is 47.4. The molecule has 1 rings (SSSR count). The second-order valence-corrected chi connectivity index (χ2v) is 19.4. The van der Waals surface area contributed by atoms with E-state index < -0.39 is 87.7 Å². The molecule has 64 heavy (non-hydrogen) atoms. The lowest BCUT2D eigenvalue weighted by Crippen LogP contribution is -2.65. The summed E-state index contributed by atoms with van der Waals surface area (Å²) in [5, 5.41) is 44.8. The minimum absolute atomic E-state index is 0.248. The number of aliphatic hydroxyl groups excluding tert-OH is 4. The molecule has 1 heterocycles. The van der Waals surface area contributed by atoms with Crippen molar-refractivity contribution in [1.29, 1.82) is 0 Å². The van der Waals surface area contributed by atoms with Crippen LogP contribution >= 0.6 is 7.82 Å². The first-order valence-corrected chi connectivity index (χ1v) is 27.0. The lowest BCUT2D eigenvalue weighted by molar-refractivity contribution is -0.256. The van der Waals surface area contributed by atoms with Crippen molar-refractivity contribution in [1.82, 2.24) is 5.32 Å². The Morgan fingerprint density at radius 3 is 1.41 bits per heavy atom. The maximum atomic E-state index is 13.7. The second kappa shape index (κ2) is 38.3. The highest BCUT2D eigenvalue weighted by molar-refractivity contribution is 7.46. The van der Waals surface area contributed by atoms with Crippen molar-refractivity contribution < 1.29 is 67.9 Å². The Hall–Kier alpha value is -1.68. The number of ether oxygens (including phenoxy) is 3. The van der Waals surface area contributed by atoms with Crippen molar-refractivity contribution in [3.05, 3.63) is 0 Å². The van der Waals surface area contributed by atoms with Gasteiger partial charge in [-0.1, -0.05) is 188 Å². The molecule has 16 heteroatoms. The summed E-state index contributed by atoms with van der Waals surface area (Å²) in [4.78, 5) is 59.6. The molecule has 0 aromatic carbocycles. The first kappa shape index (κ1) is 60.3. The number of hydrogen-bond acceptors (Lipinski definition) is 12. The van der Waals surface area contributed by atoms with Crippen LogP contribution in [0.2, 0.25) is 0 Å². The molecule has 7 N–H and O–H groups in total. The smallest absolute Gasteiger partial charge is 0.462 e. The van der Waals surface area contributed by atoms with E-state index in [0.717, 1.165) is 70.6 Å². The average Bonchev–Trinajstić information content (AvgIpc) is 3.23. The number of phosphoric ester groups is 1. The van der Waals surface area contributed by atoms with Crippen molar-refractivity contribution in [2.45, 2.75) is 282 Å². The summed E-state index contributed by atoms with van der Waals surface area (Å²) in [7, 11) is -5.32. The number of aliphatic hydroxyl groups is 4. The zero-order valence-electron chi connectivity index (χ0n) is 40.1. The van der Waals surface area contributed by atoms with Crippen molar-refractivity contribution in [3.63, 3.8) is 0 Å². The monoisotopic (exact) mass is 938 g/mol. The highest BCUT2D eigenvalue weighted by Crippen LogP contribution is 2.42. The van der Waals surface area contributed by atoms with Crippen LogP contribution in [0.25, 0.3) is 0 Å². The third kappa shape index (κ3) is 31.3. The number of rotatable bonds is 42. The molecular weight excluding hydrogens is 845 g/mol. The van der Waals surface area contributed by atoms with E-state index in [1.807, 2.05) is 0 Å². The number of carbonyl (C=O) groups is 3. The number of phosphoric acid groups is 1. The molecule has 1 fully saturated rings. The summed E-state index contributed by atoms with van der Waals surface area (Å²) in [6.07, 6.45) is 19.3. The first-order chi connectivity index (χ1) is 30.7. The maximum absolute atomic E-state index is 13.7. The molecule has 1 amide bonds. The molecule has 0 spiro atoms. The molecule has 0 aromatic rings. The molecular formula is C48H92NO14P. The minimum atomic E-state index is -5.32. The fourth-order valence-corrected chi connectivity index (χ4v) is 8.96. The van der Waals surface area contributed by atoms with Gasteiger partial charge in [-0.25, -0.2) is 4.57 Å². The van der Waals surface area contributed by atoms with Gasteiger partial charge in [0.1, 0.15) is 24.4 Å². The molecule has 1 aliphatic rings. The van der Waals surface area contributed by atoms with Gasteiger partial charge >= 0.3 is 19.8 Å². The highest BCUT2D eigenvalue weighted by atomic mass is 31.2. The number of esters is 2. The molecule has 0 aliphatic carbocycles. The van der Waals surface area contributed by atoms with Gasteiger partial charge in [-0.2, -0.15) is 0 Å². The Kier molecular flexibility index (Phi) is 36.1. The molecule has 0 aromatic heterocycles. The largest absolute Gasteiger partial charge is 0.470 e. The summed E-state index contributed by atoms with van der Waals surface area (Å²) in [5.74, 6) is -2.40. The van der Waals surface area contributed by atoms with Crippen LogP contribution in [0, 0.1) is 0 Å². The van der Waals surface area contributed by atoms with Gasteiger partial charge in [-0.3, -0.25) is 18.9 Å². The lowest BCUT2D eigenvalue weighted by atomic mass is 9.96. The molecule has 0 bridgehead atoms. The predicted molar refractivity (Wildman–Crippen MR) is 248 cm³/mol. The highest BCUT2D eigenvalue weighted by Gasteiger charge is 2.51. The van der Waals surface area contributed by atoms with Gasteiger partial charge in [0.15, 0.2) is 12.4 Å². The van der Waals surface area contributed by atoms with Gasteiger partial charge in [-0.15, -0.1) is 0 Å². The van der Waals surface area contributed by atoms with Gasteiger partial charge in [0.25, 0.3) is 0 Å². The fourth-order valence-electron chi connectivity index (χ4n) is 8.39. The van der Waals surface area contributed by atoms with Gasteiger partial charge in [-0.05, 0) is 25.7 Å². The van der Waals surface area contributed by atoms with Crippen LogP contribution in [-0.4, -0.2) is 104 Å². The van der Waals surface area contributed by atoms with Crippen LogP contribution in [0.5, 0.6) is 0 Å². The lowest BCUT2D eigenvalue weighted by Gasteiger charge is -2.43. The van der Waals surface area contributed by atoms with Gasteiger partial charge in [0, 0.05) is 0 Å². The Balaban J connectivity index is 2.99. The Morgan fingerprint density at radius 1 is 0.578 bits per heavy atom. The normalized spacial score (nSPS) is 20.4. The number of amides is 1. The van der Waals surface area contributed by atoms with Crippen molar-refractivity contribution >= 4 is 25.7 Å². The van der Waals surface area contributed by atoms with Crippen LogP contribution < -0.4 is 5.32 Å². The number of unbranched alkanes of at least 4 members (excludes halogenated alkanes) is 24. The number of nitrogens with one attached hydrogen (secondary N) is 1. The van der Waals surface area contributed by atoms with Crippen LogP contribution in [-0.2, 0) is 37.7 Å². The molecule has 1 unspecified atom stereocenters. The third-order valence-electron chi connectivity index (χ3n) is 12.1. The Labute approximate surface area is 386 Å².